The summed E-state index contributed by atoms with van der Waals surface area (Å²) in [5.74, 6) is 0.0194. The number of hydrogen-bond acceptors (Lipinski definition) is 5. The number of carbonyl (C=O) groups is 1. The smallest absolute Gasteiger partial charge is 0.352 e. The Bertz CT molecular complexity index is 1330. The van der Waals surface area contributed by atoms with Crippen LogP contribution in [0.4, 0.5) is 5.69 Å². The number of benzene rings is 2. The van der Waals surface area contributed by atoms with Gasteiger partial charge in [0, 0.05) is 16.5 Å². The van der Waals surface area contributed by atoms with E-state index in [2.05, 4.69) is 15.4 Å². The first-order chi connectivity index (χ1) is 13.9. The van der Waals surface area contributed by atoms with Crippen LogP contribution in [0.3, 0.4) is 0 Å². The van der Waals surface area contributed by atoms with E-state index in [4.69, 9.17) is 16.3 Å². The molecule has 0 unspecified atom stereocenters. The van der Waals surface area contributed by atoms with E-state index in [-0.39, 0.29) is 6.54 Å². The zero-order chi connectivity index (χ0) is 20.7. The van der Waals surface area contributed by atoms with Crippen molar-refractivity contribution in [1.29, 1.82) is 0 Å². The van der Waals surface area contributed by atoms with Crippen LogP contribution in [0.2, 0.25) is 5.02 Å². The Morgan fingerprint density at radius 1 is 1.24 bits per heavy atom. The van der Waals surface area contributed by atoms with Crippen LogP contribution in [-0.4, -0.2) is 32.2 Å². The molecular formula is C20H18ClN5O3. The summed E-state index contributed by atoms with van der Waals surface area (Å²) < 4.78 is 7.72. The van der Waals surface area contributed by atoms with Crippen molar-refractivity contribution in [1.82, 2.24) is 19.2 Å². The minimum atomic E-state index is -0.440. The van der Waals surface area contributed by atoms with Gasteiger partial charge in [0.05, 0.1) is 18.3 Å². The van der Waals surface area contributed by atoms with Gasteiger partial charge in [-0.1, -0.05) is 23.7 Å². The summed E-state index contributed by atoms with van der Waals surface area (Å²) in [7, 11) is 1.49. The fraction of sp³-hybridized carbons (Fsp3) is 0.200. The molecular weight excluding hydrogens is 394 g/mol. The van der Waals surface area contributed by atoms with Crippen molar-refractivity contribution >= 4 is 39.7 Å². The lowest BCUT2D eigenvalue weighted by atomic mass is 10.1. The molecule has 2 aromatic carbocycles. The number of carbonyl (C=O) groups excluding carboxylic acids is 1. The first kappa shape index (κ1) is 18.9. The Hall–Kier alpha value is -3.39. The highest BCUT2D eigenvalue weighted by Gasteiger charge is 2.16. The van der Waals surface area contributed by atoms with Gasteiger partial charge < -0.3 is 10.1 Å². The van der Waals surface area contributed by atoms with Crippen molar-refractivity contribution in [2.24, 2.45) is 0 Å². The molecule has 8 nitrogen and oxygen atoms in total. The Balaban J connectivity index is 1.68. The second kappa shape index (κ2) is 7.21. The van der Waals surface area contributed by atoms with Crippen LogP contribution >= 0.6 is 11.6 Å². The highest BCUT2D eigenvalue weighted by Crippen LogP contribution is 2.30. The van der Waals surface area contributed by atoms with Crippen LogP contribution in [0.15, 0.2) is 41.5 Å². The quantitative estimate of drug-likeness (QED) is 0.557. The predicted octanol–water partition coefficient (Wildman–Crippen LogP) is 2.96. The number of aromatic nitrogens is 4. The average molecular weight is 412 g/mol. The first-order valence-electron chi connectivity index (χ1n) is 8.86. The van der Waals surface area contributed by atoms with Gasteiger partial charge in [-0.05, 0) is 37.1 Å². The van der Waals surface area contributed by atoms with Crippen LogP contribution in [0.25, 0.3) is 16.6 Å². The summed E-state index contributed by atoms with van der Waals surface area (Å²) in [5, 5.41) is 8.38. The number of anilines is 1. The number of halogens is 1. The van der Waals surface area contributed by atoms with Gasteiger partial charge in [0.2, 0.25) is 5.91 Å². The number of hydrogen-bond donors (Lipinski definition) is 1. The SMILES string of the molecule is COc1cc(Cl)c(C)cc1NC(=O)Cn1nc2c3cccc(C)c3ncn2c1=O. The fourth-order valence-corrected chi connectivity index (χ4v) is 3.35. The summed E-state index contributed by atoms with van der Waals surface area (Å²) >= 11 is 6.10. The summed E-state index contributed by atoms with van der Waals surface area (Å²) in [6.07, 6.45) is 1.43. The van der Waals surface area contributed by atoms with Gasteiger partial charge in [-0.2, -0.15) is 0 Å². The molecule has 29 heavy (non-hydrogen) atoms. The van der Waals surface area contributed by atoms with Gasteiger partial charge in [-0.3, -0.25) is 4.79 Å². The third-order valence-corrected chi connectivity index (χ3v) is 5.11. The van der Waals surface area contributed by atoms with E-state index in [1.807, 2.05) is 32.0 Å². The normalized spacial score (nSPS) is 11.2. The minimum absolute atomic E-state index is 0.251. The van der Waals surface area contributed by atoms with E-state index in [1.165, 1.54) is 17.8 Å². The number of amides is 1. The number of fused-ring (bicyclic) bond motifs is 3. The highest BCUT2D eigenvalue weighted by atomic mass is 35.5. The molecule has 0 aliphatic heterocycles. The van der Waals surface area contributed by atoms with Crippen LogP contribution in [0, 0.1) is 13.8 Å². The van der Waals surface area contributed by atoms with Gasteiger partial charge >= 0.3 is 5.69 Å². The van der Waals surface area contributed by atoms with Crippen LogP contribution in [0.5, 0.6) is 5.75 Å². The Morgan fingerprint density at radius 2 is 2.03 bits per heavy atom. The van der Waals surface area contributed by atoms with E-state index in [0.717, 1.165) is 26.7 Å². The number of ether oxygens (including phenoxy) is 1. The molecule has 2 heterocycles. The van der Waals surface area contributed by atoms with Crippen molar-refractivity contribution in [3.63, 3.8) is 0 Å². The van der Waals surface area contributed by atoms with Crippen molar-refractivity contribution in [3.05, 3.63) is 63.3 Å². The molecule has 0 atom stereocenters. The van der Waals surface area contributed by atoms with E-state index < -0.39 is 11.6 Å². The predicted molar refractivity (Wildman–Crippen MR) is 111 cm³/mol. The maximum atomic E-state index is 12.7. The number of methoxy groups -OCH3 is 1. The third-order valence-electron chi connectivity index (χ3n) is 4.70. The molecule has 0 saturated heterocycles. The lowest BCUT2D eigenvalue weighted by Crippen LogP contribution is -2.28. The molecule has 4 aromatic rings. The molecule has 4 rings (SSSR count). The second-order valence-electron chi connectivity index (χ2n) is 6.70. The molecule has 9 heteroatoms. The first-order valence-corrected chi connectivity index (χ1v) is 9.24. The summed E-state index contributed by atoms with van der Waals surface area (Å²) in [4.78, 5) is 29.6. The van der Waals surface area contributed by atoms with Gasteiger partial charge in [0.1, 0.15) is 18.6 Å². The van der Waals surface area contributed by atoms with Crippen molar-refractivity contribution in [2.75, 3.05) is 12.4 Å². The Labute approximate surface area is 170 Å². The number of nitrogens with one attached hydrogen (secondary N) is 1. The Kier molecular flexibility index (Phi) is 4.71. The number of nitrogens with zero attached hydrogens (tertiary/aromatic N) is 4. The third kappa shape index (κ3) is 3.31. The van der Waals surface area contributed by atoms with Gasteiger partial charge in [0.25, 0.3) is 0 Å². The maximum absolute atomic E-state index is 12.7. The van der Waals surface area contributed by atoms with Gasteiger partial charge in [-0.25, -0.2) is 18.9 Å². The average Bonchev–Trinajstić information content (AvgIpc) is 3.01. The summed E-state index contributed by atoms with van der Waals surface area (Å²) in [5.41, 5.74) is 3.03. The molecule has 2 aromatic heterocycles. The molecule has 0 radical (unpaired) electrons. The topological polar surface area (TPSA) is 90.5 Å². The van der Waals surface area contributed by atoms with Crippen LogP contribution in [0.1, 0.15) is 11.1 Å². The van der Waals surface area contributed by atoms with Gasteiger partial charge in [0.15, 0.2) is 5.65 Å². The molecule has 0 saturated carbocycles. The van der Waals surface area contributed by atoms with Crippen molar-refractivity contribution < 1.29 is 9.53 Å². The molecule has 0 bridgehead atoms. The highest BCUT2D eigenvalue weighted by molar-refractivity contribution is 6.31. The fourth-order valence-electron chi connectivity index (χ4n) is 3.19. The lowest BCUT2D eigenvalue weighted by Gasteiger charge is -2.12. The largest absolute Gasteiger partial charge is 0.495 e. The van der Waals surface area contributed by atoms with Gasteiger partial charge in [-0.15, -0.1) is 5.10 Å². The maximum Gasteiger partial charge on any atom is 0.352 e. The minimum Gasteiger partial charge on any atom is -0.495 e. The molecule has 148 valence electrons. The molecule has 0 aliphatic rings. The number of para-hydroxylation sites is 1. The van der Waals surface area contributed by atoms with Crippen LogP contribution < -0.4 is 15.7 Å². The zero-order valence-electron chi connectivity index (χ0n) is 16.1. The zero-order valence-corrected chi connectivity index (χ0v) is 16.8. The number of aryl methyl sites for hydroxylation is 2. The number of rotatable bonds is 4. The molecule has 1 N–H and O–H groups in total. The monoisotopic (exact) mass is 411 g/mol. The molecule has 1 amide bonds. The lowest BCUT2D eigenvalue weighted by molar-refractivity contribution is -0.117. The van der Waals surface area contributed by atoms with Crippen LogP contribution in [-0.2, 0) is 11.3 Å². The molecule has 0 fully saturated rings. The molecule has 0 spiro atoms. The van der Waals surface area contributed by atoms with Crippen molar-refractivity contribution in [2.45, 2.75) is 20.4 Å². The standard InChI is InChI=1S/C20H18ClN5O3/c1-11-5-4-6-13-18(11)22-10-25-19(13)24-26(20(25)28)9-17(27)23-15-7-12(2)14(21)8-16(15)29-3/h4-8,10H,9H2,1-3H3,(H,23,27). The second-order valence-corrected chi connectivity index (χ2v) is 7.11. The van der Waals surface area contributed by atoms with Crippen molar-refractivity contribution in [3.8, 4) is 5.75 Å². The summed E-state index contributed by atoms with van der Waals surface area (Å²) in [6.45, 7) is 3.51. The summed E-state index contributed by atoms with van der Waals surface area (Å²) in [6, 6.07) is 9.01. The molecule has 0 aliphatic carbocycles. The van der Waals surface area contributed by atoms with E-state index >= 15 is 0 Å². The van der Waals surface area contributed by atoms with E-state index in [1.54, 1.807) is 12.1 Å². The van der Waals surface area contributed by atoms with E-state index in [9.17, 15) is 9.59 Å². The Morgan fingerprint density at radius 3 is 2.79 bits per heavy atom. The van der Waals surface area contributed by atoms with E-state index in [0.29, 0.717) is 22.1 Å².